The zero-order valence-corrected chi connectivity index (χ0v) is 18.8. The summed E-state index contributed by atoms with van der Waals surface area (Å²) in [6.07, 6.45) is 1.99. The quantitative estimate of drug-likeness (QED) is 0.467. The first-order valence-corrected chi connectivity index (χ1v) is 11.4. The summed E-state index contributed by atoms with van der Waals surface area (Å²) in [6.45, 7) is 1.76. The van der Waals surface area contributed by atoms with Crippen molar-refractivity contribution in [1.29, 1.82) is 0 Å². The predicted octanol–water partition coefficient (Wildman–Crippen LogP) is 3.72. The SMILES string of the molecule is Cc1nc(COc2cccc(C(=O)OCC(=O)Nc3cccc(C(=O)NC4CC4)c3)c2)cs1. The molecule has 33 heavy (non-hydrogen) atoms. The lowest BCUT2D eigenvalue weighted by atomic mass is 10.2. The van der Waals surface area contributed by atoms with Gasteiger partial charge in [0.1, 0.15) is 12.4 Å². The van der Waals surface area contributed by atoms with Crippen LogP contribution >= 0.6 is 11.3 Å². The highest BCUT2D eigenvalue weighted by atomic mass is 32.1. The van der Waals surface area contributed by atoms with Crippen LogP contribution in [0.15, 0.2) is 53.9 Å². The van der Waals surface area contributed by atoms with Crippen molar-refractivity contribution in [2.75, 3.05) is 11.9 Å². The largest absolute Gasteiger partial charge is 0.487 e. The molecule has 3 aromatic rings. The molecule has 0 atom stereocenters. The van der Waals surface area contributed by atoms with Gasteiger partial charge in [0.2, 0.25) is 0 Å². The second-order valence-electron chi connectivity index (χ2n) is 7.63. The Bertz CT molecular complexity index is 1170. The predicted molar refractivity (Wildman–Crippen MR) is 123 cm³/mol. The molecule has 1 aromatic heterocycles. The van der Waals surface area contributed by atoms with Crippen molar-refractivity contribution in [2.45, 2.75) is 32.4 Å². The summed E-state index contributed by atoms with van der Waals surface area (Å²) in [6, 6.07) is 13.4. The number of ether oxygens (including phenoxy) is 2. The fourth-order valence-electron chi connectivity index (χ4n) is 2.99. The highest BCUT2D eigenvalue weighted by Gasteiger charge is 2.23. The summed E-state index contributed by atoms with van der Waals surface area (Å²) in [7, 11) is 0. The van der Waals surface area contributed by atoms with E-state index >= 15 is 0 Å². The Morgan fingerprint density at radius 2 is 1.88 bits per heavy atom. The number of nitrogens with zero attached hydrogens (tertiary/aromatic N) is 1. The third-order valence-corrected chi connectivity index (χ3v) is 5.60. The van der Waals surface area contributed by atoms with Crippen LogP contribution in [0.1, 0.15) is 44.3 Å². The van der Waals surface area contributed by atoms with Gasteiger partial charge >= 0.3 is 5.97 Å². The lowest BCUT2D eigenvalue weighted by Gasteiger charge is -2.09. The molecule has 0 saturated heterocycles. The Hall–Kier alpha value is -3.72. The van der Waals surface area contributed by atoms with Crippen LogP contribution in [0.5, 0.6) is 5.75 Å². The second kappa shape index (κ2) is 10.3. The van der Waals surface area contributed by atoms with Gasteiger partial charge in [-0.15, -0.1) is 11.3 Å². The van der Waals surface area contributed by atoms with E-state index in [-0.39, 0.29) is 17.5 Å². The number of esters is 1. The van der Waals surface area contributed by atoms with Gasteiger partial charge in [-0.05, 0) is 56.2 Å². The first-order chi connectivity index (χ1) is 16.0. The normalized spacial score (nSPS) is 12.6. The van der Waals surface area contributed by atoms with Gasteiger partial charge in [-0.3, -0.25) is 9.59 Å². The molecule has 1 aliphatic rings. The van der Waals surface area contributed by atoms with E-state index in [9.17, 15) is 14.4 Å². The Morgan fingerprint density at radius 1 is 1.09 bits per heavy atom. The molecule has 1 saturated carbocycles. The number of anilines is 1. The van der Waals surface area contributed by atoms with Crippen LogP contribution in [-0.4, -0.2) is 35.4 Å². The van der Waals surface area contributed by atoms with E-state index in [0.29, 0.717) is 23.6 Å². The molecule has 2 amide bonds. The van der Waals surface area contributed by atoms with E-state index in [4.69, 9.17) is 9.47 Å². The number of amides is 2. The van der Waals surface area contributed by atoms with Crippen molar-refractivity contribution in [3.63, 3.8) is 0 Å². The molecule has 9 heteroatoms. The van der Waals surface area contributed by atoms with Crippen LogP contribution in [0.25, 0.3) is 0 Å². The second-order valence-corrected chi connectivity index (χ2v) is 8.69. The van der Waals surface area contributed by atoms with Crippen molar-refractivity contribution >= 4 is 34.8 Å². The van der Waals surface area contributed by atoms with Gasteiger partial charge in [-0.25, -0.2) is 9.78 Å². The maximum atomic E-state index is 12.4. The van der Waals surface area contributed by atoms with Crippen LogP contribution in [0, 0.1) is 6.92 Å². The molecule has 2 aromatic carbocycles. The maximum absolute atomic E-state index is 12.4. The molecule has 0 aliphatic heterocycles. The third kappa shape index (κ3) is 6.63. The van der Waals surface area contributed by atoms with Crippen LogP contribution < -0.4 is 15.4 Å². The van der Waals surface area contributed by atoms with E-state index in [1.807, 2.05) is 12.3 Å². The zero-order chi connectivity index (χ0) is 23.2. The molecule has 4 rings (SSSR count). The maximum Gasteiger partial charge on any atom is 0.338 e. The van der Waals surface area contributed by atoms with Gasteiger partial charge in [0.25, 0.3) is 11.8 Å². The zero-order valence-electron chi connectivity index (χ0n) is 18.0. The van der Waals surface area contributed by atoms with E-state index < -0.39 is 18.5 Å². The molecule has 0 spiro atoms. The summed E-state index contributed by atoms with van der Waals surface area (Å²) >= 11 is 1.54. The van der Waals surface area contributed by atoms with Crippen LogP contribution in [0.2, 0.25) is 0 Å². The van der Waals surface area contributed by atoms with Gasteiger partial charge in [0, 0.05) is 22.7 Å². The number of aryl methyl sites for hydroxylation is 1. The lowest BCUT2D eigenvalue weighted by molar-refractivity contribution is -0.119. The number of nitrogens with one attached hydrogen (secondary N) is 2. The van der Waals surface area contributed by atoms with Crippen molar-refractivity contribution < 1.29 is 23.9 Å². The average molecular weight is 466 g/mol. The van der Waals surface area contributed by atoms with E-state index in [2.05, 4.69) is 15.6 Å². The summed E-state index contributed by atoms with van der Waals surface area (Å²) < 4.78 is 10.8. The first kappa shape index (κ1) is 22.5. The summed E-state index contributed by atoms with van der Waals surface area (Å²) in [5.74, 6) is -0.819. The monoisotopic (exact) mass is 465 g/mol. The Kier molecular flexibility index (Phi) is 6.99. The number of rotatable bonds is 9. The summed E-state index contributed by atoms with van der Waals surface area (Å²) in [5.41, 5.74) is 2.00. The van der Waals surface area contributed by atoms with Crippen molar-refractivity contribution in [3.05, 3.63) is 75.7 Å². The van der Waals surface area contributed by atoms with Crippen molar-refractivity contribution in [2.24, 2.45) is 0 Å². The van der Waals surface area contributed by atoms with Crippen molar-refractivity contribution in [1.82, 2.24) is 10.3 Å². The fourth-order valence-corrected chi connectivity index (χ4v) is 3.59. The van der Waals surface area contributed by atoms with E-state index in [1.54, 1.807) is 59.9 Å². The molecule has 8 nitrogen and oxygen atoms in total. The summed E-state index contributed by atoms with van der Waals surface area (Å²) in [4.78, 5) is 41.1. The smallest absolute Gasteiger partial charge is 0.338 e. The van der Waals surface area contributed by atoms with Crippen LogP contribution in [0.4, 0.5) is 5.69 Å². The molecular weight excluding hydrogens is 442 g/mol. The molecular formula is C24H23N3O5S. The Labute approximate surface area is 194 Å². The number of thiazole rings is 1. The summed E-state index contributed by atoms with van der Waals surface area (Å²) in [5, 5.41) is 8.41. The standard InChI is InChI=1S/C24H23N3O5S/c1-15-25-20(14-33-15)12-31-21-7-3-5-17(11-21)24(30)32-13-22(28)26-19-6-2-4-16(10-19)23(29)27-18-8-9-18/h2-7,10-11,14,18H,8-9,12-13H2,1H3,(H,26,28)(H,27,29). The van der Waals surface area contributed by atoms with Gasteiger partial charge in [0.15, 0.2) is 6.61 Å². The molecule has 1 aliphatic carbocycles. The number of aromatic nitrogens is 1. The Balaban J connectivity index is 1.27. The number of hydrogen-bond donors (Lipinski definition) is 2. The van der Waals surface area contributed by atoms with Crippen LogP contribution in [-0.2, 0) is 16.1 Å². The number of carbonyl (C=O) groups is 3. The topological polar surface area (TPSA) is 107 Å². The van der Waals surface area contributed by atoms with E-state index in [1.165, 1.54) is 0 Å². The molecule has 170 valence electrons. The minimum Gasteiger partial charge on any atom is -0.487 e. The van der Waals surface area contributed by atoms with Gasteiger partial charge < -0.3 is 20.1 Å². The number of hydrogen-bond acceptors (Lipinski definition) is 7. The van der Waals surface area contributed by atoms with E-state index in [0.717, 1.165) is 23.5 Å². The molecule has 0 unspecified atom stereocenters. The first-order valence-electron chi connectivity index (χ1n) is 10.5. The molecule has 0 bridgehead atoms. The van der Waals surface area contributed by atoms with Crippen molar-refractivity contribution in [3.8, 4) is 5.75 Å². The highest BCUT2D eigenvalue weighted by Crippen LogP contribution is 2.20. The average Bonchev–Trinajstić information content (AvgIpc) is 3.54. The van der Waals surface area contributed by atoms with Gasteiger partial charge in [-0.2, -0.15) is 0 Å². The molecule has 1 heterocycles. The van der Waals surface area contributed by atoms with Crippen LogP contribution in [0.3, 0.4) is 0 Å². The minimum absolute atomic E-state index is 0.174. The molecule has 1 fully saturated rings. The number of carbonyl (C=O) groups excluding carboxylic acids is 3. The lowest BCUT2D eigenvalue weighted by Crippen LogP contribution is -2.25. The number of benzene rings is 2. The third-order valence-electron chi connectivity index (χ3n) is 4.78. The highest BCUT2D eigenvalue weighted by molar-refractivity contribution is 7.09. The fraction of sp³-hybridized carbons (Fsp3) is 0.250. The van der Waals surface area contributed by atoms with Gasteiger partial charge in [0.05, 0.1) is 16.3 Å². The minimum atomic E-state index is -0.641. The Morgan fingerprint density at radius 3 is 2.64 bits per heavy atom. The molecule has 0 radical (unpaired) electrons. The van der Waals surface area contributed by atoms with Gasteiger partial charge in [-0.1, -0.05) is 12.1 Å². The molecule has 2 N–H and O–H groups in total.